The molecule has 0 fully saturated rings. The van der Waals surface area contributed by atoms with Gasteiger partial charge in [-0.15, -0.1) is 0 Å². The number of furan rings is 1. The molecule has 0 saturated heterocycles. The first kappa shape index (κ1) is 6.50. The van der Waals surface area contributed by atoms with Crippen molar-refractivity contribution in [3.8, 4) is 11.1 Å². The largest absolute Gasteiger partial charge is 0.456 e. The van der Waals surface area contributed by atoms with Crippen LogP contribution in [0.15, 0.2) is 89.0 Å². The summed E-state index contributed by atoms with van der Waals surface area (Å²) in [6, 6.07) is -11.6. The van der Waals surface area contributed by atoms with Crippen LogP contribution in [0.4, 0.5) is 0 Å². The Labute approximate surface area is 192 Å². The first-order valence-corrected chi connectivity index (χ1v) is 8.48. The zero-order valence-corrected chi connectivity index (χ0v) is 14.5. The summed E-state index contributed by atoms with van der Waals surface area (Å²) in [7, 11) is 0. The zero-order chi connectivity index (χ0) is 33.6. The molecular formula is C26H17ClO. The predicted molar refractivity (Wildman–Crippen MR) is 116 cm³/mol. The molecule has 1 heterocycles. The van der Waals surface area contributed by atoms with Crippen molar-refractivity contribution in [3.05, 3.63) is 106 Å². The second-order valence-electron chi connectivity index (χ2n) is 6.20. The van der Waals surface area contributed by atoms with E-state index in [-0.39, 0.29) is 0 Å². The second-order valence-corrected chi connectivity index (χ2v) is 6.58. The molecule has 28 heavy (non-hydrogen) atoms. The Morgan fingerprint density at radius 2 is 1.46 bits per heavy atom. The Hall–Kier alpha value is -3.03. The fraction of sp³-hybridized carbons (Fsp3) is 0.0769. The van der Waals surface area contributed by atoms with Gasteiger partial charge in [0.2, 0.25) is 0 Å². The number of fused-ring (bicyclic) bond motifs is 6. The lowest BCUT2D eigenvalue weighted by atomic mass is 9.73. The number of benzene rings is 4. The summed E-state index contributed by atoms with van der Waals surface area (Å²) in [6.45, 7) is -3.55. The van der Waals surface area contributed by atoms with Gasteiger partial charge in [0, 0.05) is 31.4 Å². The Balaban J connectivity index is 2.09. The van der Waals surface area contributed by atoms with E-state index in [9.17, 15) is 0 Å². The number of rotatable bonds is 1. The van der Waals surface area contributed by atoms with Crippen LogP contribution in [0.3, 0.4) is 0 Å². The Morgan fingerprint density at radius 1 is 0.786 bits per heavy atom. The van der Waals surface area contributed by atoms with Gasteiger partial charge < -0.3 is 4.42 Å². The van der Waals surface area contributed by atoms with Crippen LogP contribution in [-0.4, -0.2) is 0 Å². The maximum Gasteiger partial charge on any atom is 0.136 e. The molecule has 0 atom stereocenters. The van der Waals surface area contributed by atoms with Crippen LogP contribution in [0.2, 0.25) is 5.02 Å². The van der Waals surface area contributed by atoms with Crippen molar-refractivity contribution in [2.24, 2.45) is 0 Å². The van der Waals surface area contributed by atoms with Gasteiger partial charge in [0.25, 0.3) is 0 Å². The average molecular weight is 398 g/mol. The molecule has 1 nitrogen and oxygen atoms in total. The van der Waals surface area contributed by atoms with E-state index < -0.39 is 152 Å². The molecule has 0 unspecified atom stereocenters. The van der Waals surface area contributed by atoms with Gasteiger partial charge in [0.05, 0.1) is 19.2 Å². The first-order valence-electron chi connectivity index (χ1n) is 16.6. The van der Waals surface area contributed by atoms with Gasteiger partial charge in [-0.2, -0.15) is 0 Å². The summed E-state index contributed by atoms with van der Waals surface area (Å²) in [5, 5.41) is -1.47. The molecule has 5 aromatic rings. The molecule has 134 valence electrons. The minimum Gasteiger partial charge on any atom is -0.456 e. The third-order valence-electron chi connectivity index (χ3n) is 4.79. The standard InChI is InChI=1S/C26H17ClO/c1-26(20-9-4-2-7-17(20)18-8-3-5-10-21(18)26)22-11-6-12-23-25(22)19-14-13-16(27)15-24(19)28-23/h2-15H,1H3/i1D3,2D,3D,4D,5D,6D,7D,8D,9D,10D,11D,12D,13D,14D,15D. The molecule has 0 aliphatic heterocycles. The molecule has 0 amide bonds. The lowest BCUT2D eigenvalue weighted by Crippen LogP contribution is -2.22. The topological polar surface area (TPSA) is 13.1 Å². The van der Waals surface area contributed by atoms with Gasteiger partial charge in [-0.05, 0) is 52.8 Å². The quantitative estimate of drug-likeness (QED) is 0.284. The van der Waals surface area contributed by atoms with Gasteiger partial charge in [-0.3, -0.25) is 0 Å². The molecule has 1 aliphatic rings. The van der Waals surface area contributed by atoms with E-state index in [1.165, 1.54) is 0 Å². The number of hydrogen-bond donors (Lipinski definition) is 0. The van der Waals surface area contributed by atoms with Crippen molar-refractivity contribution < 1.29 is 27.7 Å². The van der Waals surface area contributed by atoms with Crippen molar-refractivity contribution in [2.75, 3.05) is 0 Å². The van der Waals surface area contributed by atoms with Crippen LogP contribution in [0.5, 0.6) is 0 Å². The highest BCUT2D eigenvalue weighted by Gasteiger charge is 2.41. The minimum absolute atomic E-state index is 0.443. The molecule has 2 heteroatoms. The summed E-state index contributed by atoms with van der Waals surface area (Å²) in [5.41, 5.74) is -7.47. The Kier molecular flexibility index (Phi) is 1.28. The van der Waals surface area contributed by atoms with Crippen LogP contribution in [0, 0.1) is 0 Å². The third-order valence-corrected chi connectivity index (χ3v) is 4.98. The normalized spacial score (nSPS) is 23.4. The maximum atomic E-state index is 9.08. The van der Waals surface area contributed by atoms with E-state index in [4.69, 9.17) is 39.3 Å². The predicted octanol–water partition coefficient (Wildman–Crippen LogP) is 7.57. The molecule has 1 aliphatic carbocycles. The molecule has 4 aromatic carbocycles. The molecular weight excluding hydrogens is 364 g/mol. The lowest BCUT2D eigenvalue weighted by molar-refractivity contribution is 0.666. The summed E-state index contributed by atoms with van der Waals surface area (Å²) in [5.74, 6) is 0. The Morgan fingerprint density at radius 3 is 2.18 bits per heavy atom. The average Bonchev–Trinajstić information content (AvgIpc) is 3.53. The monoisotopic (exact) mass is 397 g/mol. The summed E-state index contributed by atoms with van der Waals surface area (Å²) >= 11 is 6.10. The Bertz CT molecular complexity index is 2150. The maximum absolute atomic E-state index is 9.08. The van der Waals surface area contributed by atoms with Gasteiger partial charge in [-0.1, -0.05) is 72.0 Å². The van der Waals surface area contributed by atoms with E-state index in [1.807, 2.05) is 0 Å². The van der Waals surface area contributed by atoms with Crippen LogP contribution < -0.4 is 0 Å². The summed E-state index contributed by atoms with van der Waals surface area (Å²) in [6.07, 6.45) is 0. The van der Waals surface area contributed by atoms with Crippen LogP contribution in [0.25, 0.3) is 33.1 Å². The number of halogens is 1. The molecule has 0 spiro atoms. The number of hydrogen-bond acceptors (Lipinski definition) is 1. The van der Waals surface area contributed by atoms with Gasteiger partial charge >= 0.3 is 0 Å². The minimum atomic E-state index is -3.55. The second kappa shape index (κ2) is 5.50. The van der Waals surface area contributed by atoms with Crippen molar-refractivity contribution in [1.82, 2.24) is 0 Å². The van der Waals surface area contributed by atoms with Crippen molar-refractivity contribution in [2.45, 2.75) is 12.3 Å². The van der Waals surface area contributed by atoms with Gasteiger partial charge in [0.1, 0.15) is 11.2 Å². The lowest BCUT2D eigenvalue weighted by Gasteiger charge is -2.29. The molecule has 0 N–H and O–H groups in total. The van der Waals surface area contributed by atoms with Crippen LogP contribution in [0.1, 0.15) is 46.8 Å². The van der Waals surface area contributed by atoms with Gasteiger partial charge in [0.15, 0.2) is 0 Å². The highest BCUT2D eigenvalue weighted by atomic mass is 35.5. The van der Waals surface area contributed by atoms with Crippen LogP contribution >= 0.6 is 11.6 Å². The first-order chi connectivity index (χ1) is 20.8. The third kappa shape index (κ3) is 1.92. The van der Waals surface area contributed by atoms with E-state index >= 15 is 0 Å². The molecule has 0 bridgehead atoms. The van der Waals surface area contributed by atoms with Gasteiger partial charge in [-0.25, -0.2) is 0 Å². The highest BCUT2D eigenvalue weighted by molar-refractivity contribution is 6.31. The van der Waals surface area contributed by atoms with Crippen LogP contribution in [-0.2, 0) is 5.41 Å². The molecule has 6 rings (SSSR count). The smallest absolute Gasteiger partial charge is 0.136 e. The van der Waals surface area contributed by atoms with Crippen molar-refractivity contribution >= 4 is 33.5 Å². The summed E-state index contributed by atoms with van der Waals surface area (Å²) in [4.78, 5) is 0. The highest BCUT2D eigenvalue weighted by Crippen LogP contribution is 2.54. The fourth-order valence-corrected chi connectivity index (χ4v) is 3.78. The van der Waals surface area contributed by atoms with E-state index in [0.717, 1.165) is 0 Å². The molecule has 0 saturated carbocycles. The van der Waals surface area contributed by atoms with Crippen molar-refractivity contribution in [3.63, 3.8) is 0 Å². The SMILES string of the molecule is [2H]c1c([2H])c([2H])c2c(c1[2H])-c1c([2H])c([2H])c([2H])c([2H])c1C2(c1c([2H])c([2H])c([2H])c2oc3c([2H])c(Cl)c([2H])c([2H])c3c12)C([2H])([2H])[2H]. The molecule has 0 radical (unpaired) electrons. The molecule has 1 aromatic heterocycles. The zero-order valence-electron chi connectivity index (χ0n) is 30.8. The van der Waals surface area contributed by atoms with E-state index in [1.54, 1.807) is 0 Å². The van der Waals surface area contributed by atoms with E-state index in [2.05, 4.69) is 0 Å². The summed E-state index contributed by atoms with van der Waals surface area (Å²) < 4.78 is 153. The van der Waals surface area contributed by atoms with Crippen molar-refractivity contribution in [1.29, 1.82) is 0 Å². The van der Waals surface area contributed by atoms with E-state index in [0.29, 0.717) is 0 Å². The fourth-order valence-electron chi connectivity index (χ4n) is 3.65.